The Hall–Kier alpha value is -2.15. The Morgan fingerprint density at radius 1 is 1.12 bits per heavy atom. The van der Waals surface area contributed by atoms with Crippen molar-refractivity contribution in [2.45, 2.75) is 12.8 Å². The predicted molar refractivity (Wildman–Crippen MR) is 102 cm³/mol. The molecule has 0 amide bonds. The first kappa shape index (κ1) is 17.7. The van der Waals surface area contributed by atoms with Crippen LogP contribution in [0.3, 0.4) is 0 Å². The Labute approximate surface area is 148 Å². The largest absolute Gasteiger partial charge is 0.361 e. The Morgan fingerprint density at radius 3 is 2.60 bits per heavy atom. The van der Waals surface area contributed by atoms with Gasteiger partial charge in [-0.1, -0.05) is 48.0 Å². The lowest BCUT2D eigenvalue weighted by molar-refractivity contribution is 0.503. The first-order chi connectivity index (χ1) is 11.9. The van der Waals surface area contributed by atoms with E-state index in [4.69, 9.17) is 0 Å². The maximum absolute atomic E-state index is 12.2. The van der Waals surface area contributed by atoms with Crippen LogP contribution in [-0.2, 0) is 10.2 Å². The fraction of sp³-hybridized carbons (Fsp3) is 0.263. The highest BCUT2D eigenvalue weighted by Gasteiger charge is 2.22. The van der Waals surface area contributed by atoms with Crippen LogP contribution < -0.4 is 4.72 Å². The monoisotopic (exact) mass is 357 g/mol. The molecule has 0 aliphatic carbocycles. The van der Waals surface area contributed by atoms with Crippen LogP contribution in [0.1, 0.15) is 22.6 Å². The fourth-order valence-electron chi connectivity index (χ4n) is 2.99. The smallest absolute Gasteiger partial charge is 0.278 e. The molecule has 0 saturated carbocycles. The van der Waals surface area contributed by atoms with Crippen LogP contribution in [0.5, 0.6) is 0 Å². The third-order valence-electron chi connectivity index (χ3n) is 4.39. The van der Waals surface area contributed by atoms with Gasteiger partial charge in [-0.2, -0.15) is 12.7 Å². The van der Waals surface area contributed by atoms with Gasteiger partial charge < -0.3 is 4.98 Å². The first-order valence-corrected chi connectivity index (χ1v) is 9.62. The van der Waals surface area contributed by atoms with E-state index in [-0.39, 0.29) is 5.92 Å². The second-order valence-electron chi connectivity index (χ2n) is 6.39. The Balaban J connectivity index is 2.03. The molecule has 6 heteroatoms. The summed E-state index contributed by atoms with van der Waals surface area (Å²) in [6, 6.07) is 16.3. The molecule has 0 radical (unpaired) electrons. The van der Waals surface area contributed by atoms with Gasteiger partial charge in [-0.15, -0.1) is 0 Å². The normalized spacial score (nSPS) is 13.4. The SMILES string of the molecule is Cc1cccc(C(CNS(=O)(=O)N(C)C)c2c[nH]c3ccccc23)c1. The summed E-state index contributed by atoms with van der Waals surface area (Å²) in [7, 11) is -0.436. The summed E-state index contributed by atoms with van der Waals surface area (Å²) < 4.78 is 28.3. The molecule has 0 bridgehead atoms. The standard InChI is InChI=1S/C19H23N3O2S/c1-14-7-6-8-15(11-14)17(13-21-25(23,24)22(2)3)18-12-20-19-10-5-4-9-16(18)19/h4-12,17,20-21H,13H2,1-3H3. The number of rotatable bonds is 6. The topological polar surface area (TPSA) is 65.2 Å². The van der Waals surface area contributed by atoms with Crippen LogP contribution in [0.4, 0.5) is 0 Å². The molecule has 5 nitrogen and oxygen atoms in total. The molecule has 1 unspecified atom stereocenters. The molecule has 0 spiro atoms. The molecule has 0 aliphatic rings. The average molecular weight is 357 g/mol. The number of nitrogens with zero attached hydrogens (tertiary/aromatic N) is 1. The van der Waals surface area contributed by atoms with Crippen molar-refractivity contribution < 1.29 is 8.42 Å². The van der Waals surface area contributed by atoms with E-state index in [1.807, 2.05) is 49.5 Å². The van der Waals surface area contributed by atoms with Crippen molar-refractivity contribution in [3.05, 3.63) is 71.4 Å². The summed E-state index contributed by atoms with van der Waals surface area (Å²) in [6.45, 7) is 2.34. The van der Waals surface area contributed by atoms with E-state index in [1.165, 1.54) is 18.4 Å². The zero-order valence-corrected chi connectivity index (χ0v) is 15.5. The van der Waals surface area contributed by atoms with Gasteiger partial charge >= 0.3 is 0 Å². The van der Waals surface area contributed by atoms with Gasteiger partial charge in [-0.05, 0) is 24.1 Å². The molecule has 1 aromatic heterocycles. The Morgan fingerprint density at radius 2 is 1.88 bits per heavy atom. The molecule has 1 atom stereocenters. The second kappa shape index (κ2) is 7.00. The van der Waals surface area contributed by atoms with Gasteiger partial charge in [-0.3, -0.25) is 0 Å². The van der Waals surface area contributed by atoms with Crippen LogP contribution in [0.25, 0.3) is 10.9 Å². The number of para-hydroxylation sites is 1. The van der Waals surface area contributed by atoms with Gasteiger partial charge in [0, 0.05) is 43.7 Å². The molecular formula is C19H23N3O2S. The lowest BCUT2D eigenvalue weighted by Crippen LogP contribution is -2.38. The van der Waals surface area contributed by atoms with Gasteiger partial charge in [0.1, 0.15) is 0 Å². The first-order valence-electron chi connectivity index (χ1n) is 8.18. The third-order valence-corrected chi connectivity index (χ3v) is 5.88. The minimum absolute atomic E-state index is 0.0780. The van der Waals surface area contributed by atoms with Crippen molar-refractivity contribution in [3.8, 4) is 0 Å². The van der Waals surface area contributed by atoms with Gasteiger partial charge in [-0.25, -0.2) is 4.72 Å². The number of nitrogens with one attached hydrogen (secondary N) is 2. The number of fused-ring (bicyclic) bond motifs is 1. The molecule has 132 valence electrons. The van der Waals surface area contributed by atoms with Gasteiger partial charge in [0.15, 0.2) is 0 Å². The number of hydrogen-bond donors (Lipinski definition) is 2. The second-order valence-corrected chi connectivity index (χ2v) is 8.36. The lowest BCUT2D eigenvalue weighted by Gasteiger charge is -2.20. The number of aromatic amines is 1. The molecule has 1 heterocycles. The van der Waals surface area contributed by atoms with Gasteiger partial charge in [0.25, 0.3) is 10.2 Å². The molecular weight excluding hydrogens is 334 g/mol. The van der Waals surface area contributed by atoms with Gasteiger partial charge in [0.05, 0.1) is 0 Å². The van der Waals surface area contributed by atoms with Crippen LogP contribution >= 0.6 is 0 Å². The van der Waals surface area contributed by atoms with Crippen LogP contribution in [-0.4, -0.2) is 38.3 Å². The average Bonchev–Trinajstić information content (AvgIpc) is 2.99. The number of hydrogen-bond acceptors (Lipinski definition) is 2. The van der Waals surface area contributed by atoms with E-state index in [1.54, 1.807) is 0 Å². The number of benzene rings is 2. The summed E-state index contributed by atoms with van der Waals surface area (Å²) >= 11 is 0. The summed E-state index contributed by atoms with van der Waals surface area (Å²) in [6.07, 6.45) is 1.97. The minimum Gasteiger partial charge on any atom is -0.361 e. The molecule has 0 fully saturated rings. The van der Waals surface area contributed by atoms with Crippen molar-refractivity contribution in [2.75, 3.05) is 20.6 Å². The van der Waals surface area contributed by atoms with Crippen molar-refractivity contribution in [1.82, 2.24) is 14.0 Å². The summed E-state index contributed by atoms with van der Waals surface area (Å²) in [5, 5.41) is 1.11. The quantitative estimate of drug-likeness (QED) is 0.712. The fourth-order valence-corrected chi connectivity index (χ4v) is 3.63. The zero-order chi connectivity index (χ0) is 18.0. The lowest BCUT2D eigenvalue weighted by atomic mass is 9.90. The molecule has 0 aliphatic heterocycles. The predicted octanol–water partition coefficient (Wildman–Crippen LogP) is 3.00. The maximum atomic E-state index is 12.2. The molecule has 2 aromatic carbocycles. The summed E-state index contributed by atoms with van der Waals surface area (Å²) in [5.41, 5.74) is 4.37. The highest BCUT2D eigenvalue weighted by molar-refractivity contribution is 7.87. The van der Waals surface area contributed by atoms with E-state index >= 15 is 0 Å². The Kier molecular flexibility index (Phi) is 4.94. The zero-order valence-electron chi connectivity index (χ0n) is 14.7. The van der Waals surface area contributed by atoms with E-state index in [0.29, 0.717) is 6.54 Å². The van der Waals surface area contributed by atoms with Crippen molar-refractivity contribution in [2.24, 2.45) is 0 Å². The molecule has 2 N–H and O–H groups in total. The summed E-state index contributed by atoms with van der Waals surface area (Å²) in [4.78, 5) is 3.29. The molecule has 3 rings (SSSR count). The van der Waals surface area contributed by atoms with Crippen molar-refractivity contribution >= 4 is 21.1 Å². The number of aryl methyl sites for hydroxylation is 1. The van der Waals surface area contributed by atoms with Crippen molar-refractivity contribution in [3.63, 3.8) is 0 Å². The van der Waals surface area contributed by atoms with Crippen molar-refractivity contribution in [1.29, 1.82) is 0 Å². The van der Waals surface area contributed by atoms with E-state index < -0.39 is 10.2 Å². The van der Waals surface area contributed by atoms with E-state index in [9.17, 15) is 8.42 Å². The third kappa shape index (κ3) is 3.76. The highest BCUT2D eigenvalue weighted by Crippen LogP contribution is 2.31. The van der Waals surface area contributed by atoms with Crippen LogP contribution in [0, 0.1) is 6.92 Å². The van der Waals surface area contributed by atoms with Crippen LogP contribution in [0.2, 0.25) is 0 Å². The molecule has 25 heavy (non-hydrogen) atoms. The summed E-state index contributed by atoms with van der Waals surface area (Å²) in [5.74, 6) is -0.0780. The molecule has 0 saturated heterocycles. The van der Waals surface area contributed by atoms with Gasteiger partial charge in [0.2, 0.25) is 0 Å². The maximum Gasteiger partial charge on any atom is 0.278 e. The minimum atomic E-state index is -3.48. The highest BCUT2D eigenvalue weighted by atomic mass is 32.2. The van der Waals surface area contributed by atoms with Crippen LogP contribution in [0.15, 0.2) is 54.7 Å². The Bertz CT molecular complexity index is 977. The van der Waals surface area contributed by atoms with E-state index in [2.05, 4.69) is 21.8 Å². The number of H-pyrrole nitrogens is 1. The molecule has 3 aromatic rings. The number of aromatic nitrogens is 1. The van der Waals surface area contributed by atoms with E-state index in [0.717, 1.165) is 27.6 Å².